The molecular formula is C19H13Cl2N5O. The number of nitrogens with one attached hydrogen (secondary N) is 2. The van der Waals surface area contributed by atoms with Crippen molar-refractivity contribution in [1.82, 2.24) is 9.97 Å². The van der Waals surface area contributed by atoms with Crippen LogP contribution in [0.5, 0.6) is 0 Å². The number of nitriles is 1. The van der Waals surface area contributed by atoms with Crippen LogP contribution >= 0.6 is 23.2 Å². The Morgan fingerprint density at radius 3 is 2.48 bits per heavy atom. The van der Waals surface area contributed by atoms with Gasteiger partial charge in [-0.25, -0.2) is 9.97 Å². The number of rotatable bonds is 4. The highest BCUT2D eigenvalue weighted by Gasteiger charge is 2.12. The SMILES string of the molecule is Cc1cc(C(=O)Nc2ccc(C#N)cc2)nc(Nc2ccc(Cl)cc2Cl)n1. The van der Waals surface area contributed by atoms with Crippen LogP contribution in [0.1, 0.15) is 21.7 Å². The number of aryl methyl sites for hydroxylation is 1. The van der Waals surface area contributed by atoms with Crippen LogP contribution in [-0.4, -0.2) is 15.9 Å². The Hall–Kier alpha value is -3.14. The van der Waals surface area contributed by atoms with E-state index < -0.39 is 5.91 Å². The third-order valence-corrected chi connectivity index (χ3v) is 4.08. The number of nitrogens with zero attached hydrogens (tertiary/aromatic N) is 3. The van der Waals surface area contributed by atoms with Gasteiger partial charge < -0.3 is 10.6 Å². The van der Waals surface area contributed by atoms with Crippen LogP contribution < -0.4 is 10.6 Å². The smallest absolute Gasteiger partial charge is 0.274 e. The molecule has 0 atom stereocenters. The molecule has 0 saturated heterocycles. The highest BCUT2D eigenvalue weighted by Crippen LogP contribution is 2.27. The third-order valence-electron chi connectivity index (χ3n) is 3.54. The Bertz CT molecular complexity index is 1040. The average molecular weight is 398 g/mol. The molecule has 0 radical (unpaired) electrons. The highest BCUT2D eigenvalue weighted by molar-refractivity contribution is 6.36. The number of carbonyl (C=O) groups excluding carboxylic acids is 1. The van der Waals surface area contributed by atoms with Gasteiger partial charge in [-0.2, -0.15) is 5.26 Å². The number of halogens is 2. The molecule has 0 aliphatic heterocycles. The topological polar surface area (TPSA) is 90.7 Å². The lowest BCUT2D eigenvalue weighted by Gasteiger charge is -2.10. The fourth-order valence-electron chi connectivity index (χ4n) is 2.28. The predicted octanol–water partition coefficient (Wildman–Crippen LogP) is 4.96. The van der Waals surface area contributed by atoms with Gasteiger partial charge in [-0.3, -0.25) is 4.79 Å². The zero-order chi connectivity index (χ0) is 19.4. The van der Waals surface area contributed by atoms with Crippen LogP contribution in [0.2, 0.25) is 10.0 Å². The molecule has 8 heteroatoms. The number of hydrogen-bond acceptors (Lipinski definition) is 5. The number of hydrogen-bond donors (Lipinski definition) is 2. The van der Waals surface area contributed by atoms with Gasteiger partial charge >= 0.3 is 0 Å². The van der Waals surface area contributed by atoms with Gasteiger partial charge in [0.1, 0.15) is 5.69 Å². The zero-order valence-corrected chi connectivity index (χ0v) is 15.6. The molecule has 2 N–H and O–H groups in total. The first kappa shape index (κ1) is 18.6. The molecule has 0 spiro atoms. The minimum absolute atomic E-state index is 0.194. The zero-order valence-electron chi connectivity index (χ0n) is 14.1. The van der Waals surface area contributed by atoms with Crippen molar-refractivity contribution in [2.24, 2.45) is 0 Å². The van der Waals surface area contributed by atoms with Gasteiger partial charge in [0.25, 0.3) is 5.91 Å². The van der Waals surface area contributed by atoms with Crippen molar-refractivity contribution < 1.29 is 4.79 Å². The molecule has 0 aliphatic rings. The van der Waals surface area contributed by atoms with Gasteiger partial charge in [-0.1, -0.05) is 23.2 Å². The maximum Gasteiger partial charge on any atom is 0.274 e. The van der Waals surface area contributed by atoms with E-state index in [9.17, 15) is 4.79 Å². The first-order valence-corrected chi connectivity index (χ1v) is 8.59. The van der Waals surface area contributed by atoms with E-state index in [1.807, 2.05) is 6.07 Å². The van der Waals surface area contributed by atoms with Gasteiger partial charge in [0.15, 0.2) is 0 Å². The molecule has 27 heavy (non-hydrogen) atoms. The Morgan fingerprint density at radius 1 is 1.07 bits per heavy atom. The summed E-state index contributed by atoms with van der Waals surface area (Å²) in [5.41, 5.74) is 2.45. The third kappa shape index (κ3) is 4.73. The van der Waals surface area contributed by atoms with Gasteiger partial charge in [0.05, 0.1) is 22.3 Å². The number of amides is 1. The summed E-state index contributed by atoms with van der Waals surface area (Å²) in [6.07, 6.45) is 0. The average Bonchev–Trinajstić information content (AvgIpc) is 2.64. The second kappa shape index (κ2) is 8.04. The molecule has 6 nitrogen and oxygen atoms in total. The van der Waals surface area contributed by atoms with Crippen LogP contribution in [0.3, 0.4) is 0 Å². The van der Waals surface area contributed by atoms with Crippen molar-refractivity contribution in [1.29, 1.82) is 5.26 Å². The van der Waals surface area contributed by atoms with Crippen molar-refractivity contribution >= 4 is 46.4 Å². The summed E-state index contributed by atoms with van der Waals surface area (Å²) >= 11 is 12.0. The van der Waals surface area contributed by atoms with E-state index in [4.69, 9.17) is 28.5 Å². The van der Waals surface area contributed by atoms with Crippen molar-refractivity contribution in [2.75, 3.05) is 10.6 Å². The van der Waals surface area contributed by atoms with Crippen molar-refractivity contribution in [3.63, 3.8) is 0 Å². The molecule has 1 amide bonds. The molecule has 1 heterocycles. The number of carbonyl (C=O) groups is 1. The van der Waals surface area contributed by atoms with E-state index in [1.54, 1.807) is 55.5 Å². The summed E-state index contributed by atoms with van der Waals surface area (Å²) in [7, 11) is 0. The quantitative estimate of drug-likeness (QED) is 0.648. The van der Waals surface area contributed by atoms with Crippen LogP contribution in [0.15, 0.2) is 48.5 Å². The molecule has 3 rings (SSSR count). The molecule has 0 aliphatic carbocycles. The monoisotopic (exact) mass is 397 g/mol. The first-order chi connectivity index (χ1) is 12.9. The molecular weight excluding hydrogens is 385 g/mol. The van der Waals surface area contributed by atoms with E-state index in [0.717, 1.165) is 0 Å². The molecule has 0 fully saturated rings. The van der Waals surface area contributed by atoms with Crippen molar-refractivity contribution in [3.05, 3.63) is 75.5 Å². The maximum atomic E-state index is 12.5. The Morgan fingerprint density at radius 2 is 1.81 bits per heavy atom. The molecule has 134 valence electrons. The van der Waals surface area contributed by atoms with E-state index in [1.165, 1.54) is 0 Å². The molecule has 2 aromatic carbocycles. The Balaban J connectivity index is 1.81. The van der Waals surface area contributed by atoms with Crippen LogP contribution in [0.25, 0.3) is 0 Å². The van der Waals surface area contributed by atoms with Gasteiger partial charge in [-0.05, 0) is 55.5 Å². The number of aromatic nitrogens is 2. The molecule has 0 bridgehead atoms. The lowest BCUT2D eigenvalue weighted by Crippen LogP contribution is -2.15. The predicted molar refractivity (Wildman–Crippen MR) is 106 cm³/mol. The minimum atomic E-state index is -0.393. The number of anilines is 3. The molecule has 0 saturated carbocycles. The summed E-state index contributed by atoms with van der Waals surface area (Å²) in [5, 5.41) is 15.5. The summed E-state index contributed by atoms with van der Waals surface area (Å²) in [6.45, 7) is 1.76. The van der Waals surface area contributed by atoms with E-state index in [-0.39, 0.29) is 11.6 Å². The standard InChI is InChI=1S/C19H13Cl2N5O/c1-11-8-17(18(27)24-14-5-2-12(10-22)3-6-14)26-19(23-11)25-16-7-4-13(20)9-15(16)21/h2-9H,1H3,(H,24,27)(H,23,25,26). The lowest BCUT2D eigenvalue weighted by atomic mass is 10.2. The van der Waals surface area contributed by atoms with E-state index in [2.05, 4.69) is 20.6 Å². The number of benzene rings is 2. The Labute approximate surface area is 165 Å². The highest BCUT2D eigenvalue weighted by atomic mass is 35.5. The largest absolute Gasteiger partial charge is 0.323 e. The molecule has 0 unspecified atom stereocenters. The van der Waals surface area contributed by atoms with Crippen molar-refractivity contribution in [3.8, 4) is 6.07 Å². The van der Waals surface area contributed by atoms with Gasteiger partial charge in [0.2, 0.25) is 5.95 Å². The summed E-state index contributed by atoms with van der Waals surface area (Å²) in [6, 6.07) is 15.1. The van der Waals surface area contributed by atoms with E-state index >= 15 is 0 Å². The normalized spacial score (nSPS) is 10.1. The summed E-state index contributed by atoms with van der Waals surface area (Å²) in [4.78, 5) is 21.0. The molecule has 1 aromatic heterocycles. The van der Waals surface area contributed by atoms with Crippen LogP contribution in [0, 0.1) is 18.3 Å². The Kier molecular flexibility index (Phi) is 5.55. The second-order valence-corrected chi connectivity index (χ2v) is 6.45. The van der Waals surface area contributed by atoms with Crippen LogP contribution in [-0.2, 0) is 0 Å². The van der Waals surface area contributed by atoms with Gasteiger partial charge in [0, 0.05) is 16.4 Å². The second-order valence-electron chi connectivity index (χ2n) is 5.61. The molecule has 3 aromatic rings. The van der Waals surface area contributed by atoms with Crippen molar-refractivity contribution in [2.45, 2.75) is 6.92 Å². The van der Waals surface area contributed by atoms with Crippen LogP contribution in [0.4, 0.5) is 17.3 Å². The van der Waals surface area contributed by atoms with E-state index in [0.29, 0.717) is 32.7 Å². The first-order valence-electron chi connectivity index (χ1n) is 7.84. The summed E-state index contributed by atoms with van der Waals surface area (Å²) < 4.78 is 0. The maximum absolute atomic E-state index is 12.5. The van der Waals surface area contributed by atoms with Gasteiger partial charge in [-0.15, -0.1) is 0 Å². The minimum Gasteiger partial charge on any atom is -0.323 e. The summed E-state index contributed by atoms with van der Waals surface area (Å²) in [5.74, 6) is -0.153. The fourth-order valence-corrected chi connectivity index (χ4v) is 2.73. The fraction of sp³-hybridized carbons (Fsp3) is 0.0526. The lowest BCUT2D eigenvalue weighted by molar-refractivity contribution is 0.102.